The topological polar surface area (TPSA) is 17.8 Å². The summed E-state index contributed by atoms with van der Waals surface area (Å²) in [6.45, 7) is 9.64. The lowest BCUT2D eigenvalue weighted by molar-refractivity contribution is 0.750. The summed E-state index contributed by atoms with van der Waals surface area (Å²) in [5, 5.41) is 3.45. The van der Waals surface area contributed by atoms with Crippen LogP contribution in [0.5, 0.6) is 0 Å². The van der Waals surface area contributed by atoms with Crippen LogP contribution in [0.2, 0.25) is 0 Å². The fourth-order valence-corrected chi connectivity index (χ4v) is 2.91. The van der Waals surface area contributed by atoms with Crippen LogP contribution >= 0.6 is 11.3 Å². The average Bonchev–Trinajstić information content (AvgIpc) is 2.82. The van der Waals surface area contributed by atoms with E-state index in [9.17, 15) is 0 Å². The number of nitrogens with zero attached hydrogens (tertiary/aromatic N) is 2. The second-order valence-electron chi connectivity index (χ2n) is 4.63. The van der Waals surface area contributed by atoms with Crippen LogP contribution in [0, 0.1) is 20.8 Å². The van der Waals surface area contributed by atoms with Gasteiger partial charge in [-0.3, -0.25) is 0 Å². The van der Waals surface area contributed by atoms with Crippen molar-refractivity contribution in [1.82, 2.24) is 9.55 Å². The quantitative estimate of drug-likeness (QED) is 0.803. The van der Waals surface area contributed by atoms with Crippen LogP contribution < -0.4 is 0 Å². The van der Waals surface area contributed by atoms with E-state index >= 15 is 0 Å². The first-order valence-corrected chi connectivity index (χ1v) is 7.06. The van der Waals surface area contributed by atoms with Crippen molar-refractivity contribution in [1.29, 1.82) is 0 Å². The van der Waals surface area contributed by atoms with Crippen LogP contribution in [0.25, 0.3) is 0 Å². The molecule has 0 fully saturated rings. The van der Waals surface area contributed by atoms with E-state index in [-0.39, 0.29) is 0 Å². The van der Waals surface area contributed by atoms with Gasteiger partial charge in [0.05, 0.1) is 17.2 Å². The monoisotopic (exact) mass is 248 g/mol. The number of aromatic nitrogens is 2. The van der Waals surface area contributed by atoms with E-state index in [2.05, 4.69) is 48.8 Å². The van der Waals surface area contributed by atoms with Crippen molar-refractivity contribution in [3.8, 4) is 0 Å². The number of thiazole rings is 1. The summed E-state index contributed by atoms with van der Waals surface area (Å²) in [6, 6.07) is 0. The smallest absolute Gasteiger partial charge is 0.0928 e. The highest BCUT2D eigenvalue weighted by Crippen LogP contribution is 2.18. The Morgan fingerprint density at radius 3 is 2.65 bits per heavy atom. The van der Waals surface area contributed by atoms with Crippen molar-refractivity contribution in [3.05, 3.63) is 39.1 Å². The Balaban J connectivity index is 2.16. The Morgan fingerprint density at radius 2 is 2.06 bits per heavy atom. The van der Waals surface area contributed by atoms with Gasteiger partial charge in [-0.2, -0.15) is 0 Å². The Hall–Kier alpha value is -1.09. The summed E-state index contributed by atoms with van der Waals surface area (Å²) < 4.78 is 2.30. The number of hydrogen-bond donors (Lipinski definition) is 0. The Bertz CT molecular complexity index is 508. The molecule has 2 aromatic rings. The third-order valence-corrected chi connectivity index (χ3v) is 4.27. The highest BCUT2D eigenvalue weighted by Gasteiger charge is 2.07. The molecule has 0 aromatic carbocycles. The Morgan fingerprint density at radius 1 is 1.29 bits per heavy atom. The average molecular weight is 248 g/mol. The molecule has 0 saturated carbocycles. The van der Waals surface area contributed by atoms with Gasteiger partial charge in [0.2, 0.25) is 0 Å². The molecule has 0 aliphatic carbocycles. The van der Waals surface area contributed by atoms with E-state index in [1.807, 2.05) is 0 Å². The molecule has 0 amide bonds. The molecule has 0 atom stereocenters. The highest BCUT2D eigenvalue weighted by molar-refractivity contribution is 7.09. The summed E-state index contributed by atoms with van der Waals surface area (Å²) in [4.78, 5) is 4.67. The summed E-state index contributed by atoms with van der Waals surface area (Å²) in [7, 11) is 0. The van der Waals surface area contributed by atoms with Gasteiger partial charge in [-0.15, -0.1) is 11.3 Å². The first-order chi connectivity index (χ1) is 8.11. The summed E-state index contributed by atoms with van der Waals surface area (Å²) >= 11 is 1.79. The molecule has 0 radical (unpaired) electrons. The van der Waals surface area contributed by atoms with Crippen LogP contribution in [0.4, 0.5) is 0 Å². The Kier molecular flexibility index (Phi) is 3.67. The number of aryl methyl sites for hydroxylation is 2. The molecule has 2 aromatic heterocycles. The molecule has 0 bridgehead atoms. The van der Waals surface area contributed by atoms with Crippen LogP contribution in [0.15, 0.2) is 11.6 Å². The lowest BCUT2D eigenvalue weighted by Gasteiger charge is -2.03. The van der Waals surface area contributed by atoms with Gasteiger partial charge in [-0.05, 0) is 44.7 Å². The summed E-state index contributed by atoms with van der Waals surface area (Å²) in [6.07, 6.45) is 4.50. The van der Waals surface area contributed by atoms with Gasteiger partial charge >= 0.3 is 0 Å². The molecule has 2 rings (SSSR count). The lowest BCUT2D eigenvalue weighted by Crippen LogP contribution is -2.01. The third-order valence-electron chi connectivity index (χ3n) is 3.31. The summed E-state index contributed by atoms with van der Waals surface area (Å²) in [5.74, 6) is 0. The largest absolute Gasteiger partial charge is 0.345 e. The summed E-state index contributed by atoms with van der Waals surface area (Å²) in [5.41, 5.74) is 5.31. The molecule has 0 saturated heterocycles. The van der Waals surface area contributed by atoms with Crippen molar-refractivity contribution >= 4 is 11.3 Å². The van der Waals surface area contributed by atoms with Crippen molar-refractivity contribution in [3.63, 3.8) is 0 Å². The molecular weight excluding hydrogens is 228 g/mol. The van der Waals surface area contributed by atoms with Crippen LogP contribution in [0.3, 0.4) is 0 Å². The maximum absolute atomic E-state index is 4.67. The van der Waals surface area contributed by atoms with Crippen LogP contribution in [-0.4, -0.2) is 9.55 Å². The van der Waals surface area contributed by atoms with E-state index in [1.54, 1.807) is 11.3 Å². The van der Waals surface area contributed by atoms with Crippen molar-refractivity contribution in [2.45, 2.75) is 47.1 Å². The van der Waals surface area contributed by atoms with E-state index in [1.165, 1.54) is 33.9 Å². The molecule has 3 heteroatoms. The van der Waals surface area contributed by atoms with E-state index in [4.69, 9.17) is 0 Å². The maximum atomic E-state index is 4.67. The minimum absolute atomic E-state index is 0.903. The molecule has 0 aliphatic heterocycles. The second kappa shape index (κ2) is 5.05. The minimum Gasteiger partial charge on any atom is -0.345 e. The predicted molar refractivity (Wildman–Crippen MR) is 73.9 cm³/mol. The van der Waals surface area contributed by atoms with E-state index in [0.717, 1.165) is 13.0 Å². The van der Waals surface area contributed by atoms with Gasteiger partial charge in [0, 0.05) is 17.3 Å². The second-order valence-corrected chi connectivity index (χ2v) is 5.58. The number of rotatable bonds is 4. The standard InChI is InChI=1S/C14H20N2S/c1-5-6-14-15-13(9-17-14)8-16-7-10(2)11(3)12(16)4/h7,9H,5-6,8H2,1-4H3. The SMILES string of the molecule is CCCc1nc(Cn2cc(C)c(C)c2C)cs1. The molecule has 0 spiro atoms. The zero-order chi connectivity index (χ0) is 12.4. The van der Waals surface area contributed by atoms with Crippen molar-refractivity contribution in [2.24, 2.45) is 0 Å². The van der Waals surface area contributed by atoms with E-state index < -0.39 is 0 Å². The first kappa shape index (κ1) is 12.4. The molecule has 0 unspecified atom stereocenters. The fourth-order valence-electron chi connectivity index (χ4n) is 2.02. The fraction of sp³-hybridized carbons (Fsp3) is 0.500. The zero-order valence-corrected chi connectivity index (χ0v) is 11.9. The van der Waals surface area contributed by atoms with Gasteiger partial charge in [0.1, 0.15) is 0 Å². The van der Waals surface area contributed by atoms with E-state index in [0.29, 0.717) is 0 Å². The van der Waals surface area contributed by atoms with Crippen molar-refractivity contribution in [2.75, 3.05) is 0 Å². The molecule has 92 valence electrons. The molecule has 0 aliphatic rings. The van der Waals surface area contributed by atoms with Crippen molar-refractivity contribution < 1.29 is 0 Å². The molecule has 2 nitrogen and oxygen atoms in total. The lowest BCUT2D eigenvalue weighted by atomic mass is 10.2. The van der Waals surface area contributed by atoms with Gasteiger partial charge in [0.25, 0.3) is 0 Å². The van der Waals surface area contributed by atoms with Gasteiger partial charge < -0.3 is 4.57 Å². The first-order valence-electron chi connectivity index (χ1n) is 6.18. The third kappa shape index (κ3) is 2.60. The molecular formula is C14H20N2S. The molecule has 2 heterocycles. The molecule has 0 N–H and O–H groups in total. The van der Waals surface area contributed by atoms with Crippen LogP contribution in [0.1, 0.15) is 40.9 Å². The highest BCUT2D eigenvalue weighted by atomic mass is 32.1. The van der Waals surface area contributed by atoms with Gasteiger partial charge in [-0.1, -0.05) is 6.92 Å². The molecule has 17 heavy (non-hydrogen) atoms. The zero-order valence-electron chi connectivity index (χ0n) is 11.1. The predicted octanol–water partition coefficient (Wildman–Crippen LogP) is 3.87. The number of hydrogen-bond acceptors (Lipinski definition) is 2. The maximum Gasteiger partial charge on any atom is 0.0928 e. The minimum atomic E-state index is 0.903. The van der Waals surface area contributed by atoms with Gasteiger partial charge in [0.15, 0.2) is 0 Å². The normalized spacial score (nSPS) is 11.1. The van der Waals surface area contributed by atoms with Crippen LogP contribution in [-0.2, 0) is 13.0 Å². The van der Waals surface area contributed by atoms with Gasteiger partial charge in [-0.25, -0.2) is 4.98 Å². The Labute approximate surface area is 107 Å².